The molecular weight excluding hydrogens is 624 g/mol. The Balaban J connectivity index is 1.82. The molecule has 3 aromatic rings. The van der Waals surface area contributed by atoms with Gasteiger partial charge in [-0.15, -0.1) is 0 Å². The number of ether oxygens (including phenoxy) is 3. The standard InChI is InChI=1S/C31H31F2N5O9/c1-16-25(47-31(29(16)35-18(3)39)30(41)26-27(32)23(44-5)14-24(45-6)28(26)33)15-34-17(2)37(19(4)40)21-8-7-20(13-22(21)38(42)43)36-9-11-46-12-10-36/h7-8,13-15H,1,9-12H2,2-6H3,(H,35,39)/b25-15+,34-17?. The van der Waals surface area contributed by atoms with Crippen LogP contribution in [-0.4, -0.2) is 68.9 Å². The molecule has 4 rings (SSSR count). The Hall–Kier alpha value is -5.64. The fraction of sp³-hybridized carbons (Fsp3) is 0.290. The fourth-order valence-electron chi connectivity index (χ4n) is 4.90. The first-order valence-electron chi connectivity index (χ1n) is 14.0. The fourth-order valence-corrected chi connectivity index (χ4v) is 4.90. The molecule has 2 amide bonds. The Kier molecular flexibility index (Phi) is 10.3. The summed E-state index contributed by atoms with van der Waals surface area (Å²) in [6.45, 7) is 9.53. The third-order valence-corrected chi connectivity index (χ3v) is 7.13. The average molecular weight is 656 g/mol. The van der Waals surface area contributed by atoms with Gasteiger partial charge in [0.2, 0.25) is 17.6 Å². The predicted molar refractivity (Wildman–Crippen MR) is 168 cm³/mol. The van der Waals surface area contributed by atoms with Gasteiger partial charge in [-0.2, -0.15) is 0 Å². The molecule has 0 radical (unpaired) electrons. The number of morpholine rings is 1. The van der Waals surface area contributed by atoms with E-state index in [1.807, 2.05) is 4.90 Å². The van der Waals surface area contributed by atoms with E-state index in [2.05, 4.69) is 16.9 Å². The van der Waals surface area contributed by atoms with Gasteiger partial charge in [-0.3, -0.25) is 29.4 Å². The summed E-state index contributed by atoms with van der Waals surface area (Å²) < 4.78 is 51.1. The molecule has 1 saturated heterocycles. The number of halogens is 2. The zero-order valence-corrected chi connectivity index (χ0v) is 26.1. The Morgan fingerprint density at radius 1 is 1.09 bits per heavy atom. The number of hydrogen-bond donors (Lipinski definition) is 1. The highest BCUT2D eigenvalue weighted by Crippen LogP contribution is 2.35. The minimum atomic E-state index is -1.34. The van der Waals surface area contributed by atoms with Crippen molar-refractivity contribution in [3.05, 3.63) is 68.0 Å². The molecule has 1 aliphatic heterocycles. The smallest absolute Gasteiger partial charge is 0.295 e. The molecule has 1 fully saturated rings. The Bertz CT molecular complexity index is 1870. The summed E-state index contributed by atoms with van der Waals surface area (Å²) >= 11 is 0. The lowest BCUT2D eigenvalue weighted by molar-refractivity contribution is -0.384. The van der Waals surface area contributed by atoms with Crippen molar-refractivity contribution in [3.63, 3.8) is 0 Å². The molecule has 47 heavy (non-hydrogen) atoms. The number of nitro groups is 1. The number of amides is 2. The topological polar surface area (TPSA) is 166 Å². The second-order valence-electron chi connectivity index (χ2n) is 10.1. The number of aliphatic imine (C=N–C) groups is 1. The summed E-state index contributed by atoms with van der Waals surface area (Å²) in [7, 11) is 2.22. The first kappa shape index (κ1) is 34.2. The van der Waals surface area contributed by atoms with Crippen molar-refractivity contribution < 1.29 is 46.7 Å². The maximum atomic E-state index is 15.2. The second-order valence-corrected chi connectivity index (χ2v) is 10.1. The van der Waals surface area contributed by atoms with E-state index in [1.54, 1.807) is 6.07 Å². The van der Waals surface area contributed by atoms with Gasteiger partial charge in [-0.25, -0.2) is 13.8 Å². The maximum absolute atomic E-state index is 15.2. The van der Waals surface area contributed by atoms with E-state index in [4.69, 9.17) is 18.6 Å². The van der Waals surface area contributed by atoms with Crippen molar-refractivity contribution in [1.82, 2.24) is 0 Å². The van der Waals surface area contributed by atoms with E-state index < -0.39 is 57.0 Å². The number of furan rings is 1. The predicted octanol–water partition coefficient (Wildman–Crippen LogP) is 3.13. The lowest BCUT2D eigenvalue weighted by Gasteiger charge is -2.29. The van der Waals surface area contributed by atoms with Gasteiger partial charge in [0.25, 0.3) is 5.69 Å². The SMILES string of the molecule is C=c1c(NC(C)=O)c(C(=O)c2c(F)c(OC)cc(OC)c2F)o/c1=C/N=C(C)N(C(C)=O)c1ccc(N2CCOCC2)cc1[N+](=O)[O-]. The number of carbonyl (C=O) groups is 3. The molecule has 0 spiro atoms. The lowest BCUT2D eigenvalue weighted by atomic mass is 10.0. The summed E-state index contributed by atoms with van der Waals surface area (Å²) in [6.07, 6.45) is 1.04. The van der Waals surface area contributed by atoms with Crippen molar-refractivity contribution in [2.45, 2.75) is 20.8 Å². The van der Waals surface area contributed by atoms with Gasteiger partial charge in [-0.05, 0) is 19.1 Å². The molecule has 0 saturated carbocycles. The number of hydrogen-bond acceptors (Lipinski definition) is 11. The number of rotatable bonds is 9. The number of ketones is 1. The van der Waals surface area contributed by atoms with Gasteiger partial charge in [0.05, 0.1) is 44.2 Å². The van der Waals surface area contributed by atoms with E-state index in [0.717, 1.165) is 38.3 Å². The monoisotopic (exact) mass is 655 g/mol. The van der Waals surface area contributed by atoms with Crippen LogP contribution in [0, 0.1) is 21.7 Å². The normalized spacial score (nSPS) is 13.7. The number of benzene rings is 2. The van der Waals surface area contributed by atoms with Crippen LogP contribution in [-0.2, 0) is 14.3 Å². The van der Waals surface area contributed by atoms with Crippen molar-refractivity contribution in [2.75, 3.05) is 55.6 Å². The summed E-state index contributed by atoms with van der Waals surface area (Å²) in [5.74, 6) is -6.97. The van der Waals surface area contributed by atoms with Crippen LogP contribution >= 0.6 is 0 Å². The van der Waals surface area contributed by atoms with Gasteiger partial charge < -0.3 is 28.8 Å². The molecule has 0 bridgehead atoms. The Morgan fingerprint density at radius 3 is 2.23 bits per heavy atom. The lowest BCUT2D eigenvalue weighted by Crippen LogP contribution is -2.36. The number of carbonyl (C=O) groups excluding carboxylic acids is 3. The van der Waals surface area contributed by atoms with Crippen LogP contribution in [0.1, 0.15) is 36.9 Å². The molecule has 16 heteroatoms. The highest BCUT2D eigenvalue weighted by Gasteiger charge is 2.31. The maximum Gasteiger partial charge on any atom is 0.295 e. The number of nitrogens with zero attached hydrogens (tertiary/aromatic N) is 4. The third kappa shape index (κ3) is 6.96. The van der Waals surface area contributed by atoms with Crippen LogP contribution in [0.5, 0.6) is 11.5 Å². The molecule has 1 N–H and O–H groups in total. The molecule has 2 aromatic carbocycles. The van der Waals surface area contributed by atoms with Crippen LogP contribution in [0.25, 0.3) is 12.8 Å². The molecule has 14 nitrogen and oxygen atoms in total. The molecule has 0 aliphatic carbocycles. The molecule has 1 aliphatic rings. The minimum Gasteiger partial charge on any atom is -0.494 e. The Morgan fingerprint density at radius 2 is 1.70 bits per heavy atom. The largest absolute Gasteiger partial charge is 0.494 e. The molecule has 1 aromatic heterocycles. The average Bonchev–Trinajstić information content (AvgIpc) is 3.34. The molecule has 2 heterocycles. The van der Waals surface area contributed by atoms with E-state index in [-0.39, 0.29) is 33.5 Å². The zero-order valence-electron chi connectivity index (χ0n) is 26.1. The summed E-state index contributed by atoms with van der Waals surface area (Å²) in [5, 5.41) is 14.4. The van der Waals surface area contributed by atoms with E-state index >= 15 is 8.78 Å². The van der Waals surface area contributed by atoms with Gasteiger partial charge in [0, 0.05) is 50.0 Å². The molecular formula is C31H31F2N5O9. The second kappa shape index (κ2) is 14.2. The molecule has 248 valence electrons. The molecule has 0 unspecified atom stereocenters. The number of amidine groups is 1. The van der Waals surface area contributed by atoms with Crippen LogP contribution in [0.4, 0.5) is 31.5 Å². The van der Waals surface area contributed by atoms with E-state index in [0.29, 0.717) is 32.0 Å². The Labute approximate surface area is 266 Å². The van der Waals surface area contributed by atoms with Crippen LogP contribution in [0.2, 0.25) is 0 Å². The summed E-state index contributed by atoms with van der Waals surface area (Å²) in [4.78, 5) is 56.9. The van der Waals surface area contributed by atoms with Crippen LogP contribution < -0.4 is 35.2 Å². The van der Waals surface area contributed by atoms with E-state index in [9.17, 15) is 24.5 Å². The quantitative estimate of drug-likeness (QED) is 0.119. The highest BCUT2D eigenvalue weighted by atomic mass is 19.1. The first-order valence-corrected chi connectivity index (χ1v) is 14.0. The van der Waals surface area contributed by atoms with Crippen molar-refractivity contribution in [3.8, 4) is 11.5 Å². The van der Waals surface area contributed by atoms with Gasteiger partial charge >= 0.3 is 0 Å². The van der Waals surface area contributed by atoms with E-state index in [1.165, 1.54) is 26.0 Å². The highest BCUT2D eigenvalue weighted by molar-refractivity contribution is 6.17. The third-order valence-electron chi connectivity index (χ3n) is 7.13. The van der Waals surface area contributed by atoms with Crippen LogP contribution in [0.15, 0.2) is 33.7 Å². The summed E-state index contributed by atoms with van der Waals surface area (Å²) in [5.41, 5.74) is -1.43. The minimum absolute atomic E-state index is 0.0425. The van der Waals surface area contributed by atoms with Crippen LogP contribution in [0.3, 0.4) is 0 Å². The number of anilines is 3. The van der Waals surface area contributed by atoms with Crippen molar-refractivity contribution in [2.24, 2.45) is 4.99 Å². The summed E-state index contributed by atoms with van der Waals surface area (Å²) in [6, 6.07) is 5.35. The van der Waals surface area contributed by atoms with Gasteiger partial charge in [0.1, 0.15) is 17.1 Å². The zero-order chi connectivity index (χ0) is 34.6. The van der Waals surface area contributed by atoms with Crippen molar-refractivity contribution >= 4 is 59.0 Å². The number of nitrogens with one attached hydrogen (secondary N) is 1. The van der Waals surface area contributed by atoms with Crippen molar-refractivity contribution in [1.29, 1.82) is 0 Å². The molecule has 0 atom stereocenters. The number of nitro benzene ring substituents is 1. The van der Waals surface area contributed by atoms with Gasteiger partial charge in [-0.1, -0.05) is 6.58 Å². The number of methoxy groups -OCH3 is 2. The first-order chi connectivity index (χ1) is 22.3. The van der Waals surface area contributed by atoms with Gasteiger partial charge in [0.15, 0.2) is 34.3 Å².